The highest BCUT2D eigenvalue weighted by atomic mass is 19.4. The number of amides is 1. The van der Waals surface area contributed by atoms with Crippen LogP contribution < -0.4 is 5.32 Å². The predicted molar refractivity (Wildman–Crippen MR) is 87.7 cm³/mol. The van der Waals surface area contributed by atoms with Crippen LogP contribution in [0.1, 0.15) is 49.9 Å². The molecule has 0 saturated carbocycles. The van der Waals surface area contributed by atoms with Crippen LogP contribution in [0.5, 0.6) is 0 Å². The van der Waals surface area contributed by atoms with Crippen LogP contribution >= 0.6 is 0 Å². The summed E-state index contributed by atoms with van der Waals surface area (Å²) in [5, 5.41) is 2.46. The lowest BCUT2D eigenvalue weighted by atomic mass is 10.0. The van der Waals surface area contributed by atoms with E-state index in [1.54, 1.807) is 12.1 Å². The molecular formula is C19H15F4NO3. The van der Waals surface area contributed by atoms with Crippen molar-refractivity contribution in [1.29, 1.82) is 0 Å². The van der Waals surface area contributed by atoms with E-state index in [1.165, 1.54) is 13.2 Å². The molecule has 2 aromatic rings. The van der Waals surface area contributed by atoms with Gasteiger partial charge in [-0.25, -0.2) is 9.18 Å². The van der Waals surface area contributed by atoms with Gasteiger partial charge < -0.3 is 10.1 Å². The molecule has 1 amide bonds. The first kappa shape index (κ1) is 18.9. The Labute approximate surface area is 152 Å². The fourth-order valence-electron chi connectivity index (χ4n) is 3.22. The number of alkyl halides is 3. The van der Waals surface area contributed by atoms with Gasteiger partial charge >= 0.3 is 12.1 Å². The number of fused-ring (bicyclic) bond motifs is 1. The third kappa shape index (κ3) is 3.65. The number of ether oxygens (including phenoxy) is 1. The topological polar surface area (TPSA) is 55.4 Å². The lowest BCUT2D eigenvalue weighted by molar-refractivity contribution is -0.138. The number of benzene rings is 2. The van der Waals surface area contributed by atoms with Crippen molar-refractivity contribution in [2.75, 3.05) is 7.11 Å². The van der Waals surface area contributed by atoms with Crippen molar-refractivity contribution in [3.05, 3.63) is 70.0 Å². The Balaban J connectivity index is 1.91. The Bertz CT molecular complexity index is 908. The molecule has 142 valence electrons. The molecule has 3 rings (SSSR count). The summed E-state index contributed by atoms with van der Waals surface area (Å²) < 4.78 is 58.0. The molecule has 0 bridgehead atoms. The average molecular weight is 381 g/mol. The number of aryl methyl sites for hydroxylation is 1. The van der Waals surface area contributed by atoms with Crippen molar-refractivity contribution >= 4 is 11.9 Å². The fraction of sp³-hybridized carbons (Fsp3) is 0.263. The maximum Gasteiger partial charge on any atom is 0.417 e. The van der Waals surface area contributed by atoms with Crippen LogP contribution in [0, 0.1) is 5.82 Å². The van der Waals surface area contributed by atoms with E-state index in [0.29, 0.717) is 24.5 Å². The van der Waals surface area contributed by atoms with E-state index in [1.807, 2.05) is 0 Å². The van der Waals surface area contributed by atoms with Gasteiger partial charge in [-0.1, -0.05) is 12.1 Å². The number of carbonyl (C=O) groups is 2. The molecule has 1 atom stereocenters. The monoisotopic (exact) mass is 381 g/mol. The summed E-state index contributed by atoms with van der Waals surface area (Å²) in [4.78, 5) is 24.1. The summed E-state index contributed by atoms with van der Waals surface area (Å²) in [6.45, 7) is 0. The van der Waals surface area contributed by atoms with Gasteiger partial charge in [0.1, 0.15) is 5.82 Å². The van der Waals surface area contributed by atoms with Crippen molar-refractivity contribution in [1.82, 2.24) is 5.32 Å². The van der Waals surface area contributed by atoms with Crippen molar-refractivity contribution in [3.63, 3.8) is 0 Å². The maximum atomic E-state index is 14.0. The number of methoxy groups -OCH3 is 1. The second-order valence-corrected chi connectivity index (χ2v) is 6.13. The Morgan fingerprint density at radius 2 is 1.93 bits per heavy atom. The van der Waals surface area contributed by atoms with E-state index >= 15 is 0 Å². The summed E-state index contributed by atoms with van der Waals surface area (Å²) >= 11 is 0. The van der Waals surface area contributed by atoms with Gasteiger partial charge in [0.05, 0.1) is 29.8 Å². The highest BCUT2D eigenvalue weighted by molar-refractivity contribution is 5.96. The first-order chi connectivity index (χ1) is 12.7. The lowest BCUT2D eigenvalue weighted by Crippen LogP contribution is -2.30. The number of hydrogen-bond acceptors (Lipinski definition) is 3. The SMILES string of the molecule is COC(=O)c1ccc2c(c1)C(NC(=O)c1c(F)cccc1C(F)(F)F)CC2. The molecule has 0 spiro atoms. The van der Waals surface area contributed by atoms with Gasteiger partial charge in [0, 0.05) is 0 Å². The maximum absolute atomic E-state index is 14.0. The number of hydrogen-bond donors (Lipinski definition) is 1. The Morgan fingerprint density at radius 3 is 2.59 bits per heavy atom. The third-order valence-electron chi connectivity index (χ3n) is 4.50. The molecule has 1 aliphatic rings. The third-order valence-corrected chi connectivity index (χ3v) is 4.50. The summed E-state index contributed by atoms with van der Waals surface area (Å²) in [5.41, 5.74) is -0.642. The number of carbonyl (C=O) groups excluding carboxylic acids is 2. The van der Waals surface area contributed by atoms with Crippen molar-refractivity contribution in [2.45, 2.75) is 25.1 Å². The lowest BCUT2D eigenvalue weighted by Gasteiger charge is -2.18. The van der Waals surface area contributed by atoms with Crippen LogP contribution in [0.4, 0.5) is 17.6 Å². The van der Waals surface area contributed by atoms with Crippen LogP contribution in [-0.4, -0.2) is 19.0 Å². The molecule has 0 saturated heterocycles. The zero-order chi connectivity index (χ0) is 19.8. The molecular weight excluding hydrogens is 366 g/mol. The largest absolute Gasteiger partial charge is 0.465 e. The van der Waals surface area contributed by atoms with Crippen LogP contribution in [0.25, 0.3) is 0 Å². The predicted octanol–water partition coefficient (Wildman–Crippen LogP) is 4.05. The standard InChI is InChI=1S/C19H15F4NO3/c1-27-18(26)11-6-5-10-7-8-15(12(10)9-11)24-17(25)16-13(19(21,22)23)3-2-4-14(16)20/h2-6,9,15H,7-8H2,1H3,(H,24,25). The molecule has 0 radical (unpaired) electrons. The van der Waals surface area contributed by atoms with Crippen LogP contribution in [0.2, 0.25) is 0 Å². The molecule has 4 nitrogen and oxygen atoms in total. The Kier molecular flexibility index (Phi) is 4.91. The van der Waals surface area contributed by atoms with Gasteiger partial charge in [0.15, 0.2) is 0 Å². The normalized spacial score (nSPS) is 16.0. The minimum absolute atomic E-state index is 0.263. The second-order valence-electron chi connectivity index (χ2n) is 6.13. The zero-order valence-electron chi connectivity index (χ0n) is 14.2. The summed E-state index contributed by atoms with van der Waals surface area (Å²) in [6.07, 6.45) is -3.85. The van der Waals surface area contributed by atoms with Gasteiger partial charge in [-0.05, 0) is 48.2 Å². The molecule has 2 aromatic carbocycles. The summed E-state index contributed by atoms with van der Waals surface area (Å²) in [6, 6.07) is 6.56. The Morgan fingerprint density at radius 1 is 1.19 bits per heavy atom. The quantitative estimate of drug-likeness (QED) is 0.645. The van der Waals surface area contributed by atoms with E-state index in [9.17, 15) is 27.2 Å². The van der Waals surface area contributed by atoms with E-state index in [-0.39, 0.29) is 5.56 Å². The van der Waals surface area contributed by atoms with Crippen LogP contribution in [-0.2, 0) is 17.3 Å². The van der Waals surface area contributed by atoms with Gasteiger partial charge in [0.2, 0.25) is 0 Å². The van der Waals surface area contributed by atoms with Crippen LogP contribution in [0.3, 0.4) is 0 Å². The smallest absolute Gasteiger partial charge is 0.417 e. The summed E-state index contributed by atoms with van der Waals surface area (Å²) in [7, 11) is 1.23. The first-order valence-electron chi connectivity index (χ1n) is 8.10. The highest BCUT2D eigenvalue weighted by Crippen LogP contribution is 2.35. The molecule has 1 N–H and O–H groups in total. The van der Waals surface area contributed by atoms with Gasteiger partial charge in [0.25, 0.3) is 5.91 Å². The van der Waals surface area contributed by atoms with Gasteiger partial charge in [-0.2, -0.15) is 13.2 Å². The van der Waals surface area contributed by atoms with E-state index in [4.69, 9.17) is 0 Å². The molecule has 0 aromatic heterocycles. The van der Waals surface area contributed by atoms with Crippen molar-refractivity contribution in [2.24, 2.45) is 0 Å². The molecule has 0 fully saturated rings. The summed E-state index contributed by atoms with van der Waals surface area (Å²) in [5.74, 6) is -2.96. The van der Waals surface area contributed by atoms with Gasteiger partial charge in [-0.3, -0.25) is 4.79 Å². The minimum atomic E-state index is -4.86. The molecule has 1 aliphatic carbocycles. The highest BCUT2D eigenvalue weighted by Gasteiger charge is 2.37. The van der Waals surface area contributed by atoms with E-state index < -0.39 is 41.0 Å². The van der Waals surface area contributed by atoms with E-state index in [2.05, 4.69) is 10.1 Å². The second kappa shape index (κ2) is 7.02. The Hall–Kier alpha value is -2.90. The number of nitrogens with one attached hydrogen (secondary N) is 1. The molecule has 0 aliphatic heterocycles. The zero-order valence-corrected chi connectivity index (χ0v) is 14.2. The molecule has 27 heavy (non-hydrogen) atoms. The van der Waals surface area contributed by atoms with Gasteiger partial charge in [-0.15, -0.1) is 0 Å². The average Bonchev–Trinajstić information content (AvgIpc) is 3.02. The fourth-order valence-corrected chi connectivity index (χ4v) is 3.22. The molecule has 1 unspecified atom stereocenters. The van der Waals surface area contributed by atoms with Crippen LogP contribution in [0.15, 0.2) is 36.4 Å². The van der Waals surface area contributed by atoms with E-state index in [0.717, 1.165) is 17.7 Å². The minimum Gasteiger partial charge on any atom is -0.465 e. The molecule has 0 heterocycles. The van der Waals surface area contributed by atoms with Crippen molar-refractivity contribution < 1.29 is 31.9 Å². The number of rotatable bonds is 3. The number of halogens is 4. The molecule has 8 heteroatoms. The van der Waals surface area contributed by atoms with Crippen molar-refractivity contribution in [3.8, 4) is 0 Å². The first-order valence-corrected chi connectivity index (χ1v) is 8.10. The number of esters is 1.